The summed E-state index contributed by atoms with van der Waals surface area (Å²) < 4.78 is 27.5. The van der Waals surface area contributed by atoms with Crippen molar-refractivity contribution in [3.63, 3.8) is 0 Å². The first-order valence-electron chi connectivity index (χ1n) is 11.8. The normalized spacial score (nSPS) is 12.0. The molecule has 3 rings (SSSR count). The summed E-state index contributed by atoms with van der Waals surface area (Å²) in [7, 11) is -2.27. The predicted octanol–water partition coefficient (Wildman–Crippen LogP) is 4.22. The Bertz CT molecular complexity index is 1350. The van der Waals surface area contributed by atoms with E-state index in [1.807, 2.05) is 68.4 Å². The SMILES string of the molecule is CNC(=O)[C@H](Cc1ccccc1)N(Cc1ccc(C)cc1)C(=O)CN(c1ccc(Br)c(C)c1)S(C)(=O)=O. The Balaban J connectivity index is 2.03. The highest BCUT2D eigenvalue weighted by molar-refractivity contribution is 9.10. The van der Waals surface area contributed by atoms with E-state index in [0.29, 0.717) is 5.69 Å². The molecule has 37 heavy (non-hydrogen) atoms. The molecule has 9 heteroatoms. The maximum absolute atomic E-state index is 13.9. The summed E-state index contributed by atoms with van der Waals surface area (Å²) in [5, 5.41) is 2.67. The van der Waals surface area contributed by atoms with Crippen LogP contribution in [0.25, 0.3) is 0 Å². The van der Waals surface area contributed by atoms with Crippen molar-refractivity contribution in [1.29, 1.82) is 0 Å². The molecule has 0 radical (unpaired) electrons. The van der Waals surface area contributed by atoms with Gasteiger partial charge in [0.2, 0.25) is 21.8 Å². The largest absolute Gasteiger partial charge is 0.357 e. The Kier molecular flexibility index (Phi) is 9.50. The quantitative estimate of drug-likeness (QED) is 0.386. The topological polar surface area (TPSA) is 86.8 Å². The highest BCUT2D eigenvalue weighted by Gasteiger charge is 2.32. The van der Waals surface area contributed by atoms with Gasteiger partial charge in [-0.2, -0.15) is 0 Å². The Hall–Kier alpha value is -3.17. The van der Waals surface area contributed by atoms with Gasteiger partial charge in [0.1, 0.15) is 12.6 Å². The summed E-state index contributed by atoms with van der Waals surface area (Å²) in [6.07, 6.45) is 1.36. The van der Waals surface area contributed by atoms with Crippen molar-refractivity contribution in [3.8, 4) is 0 Å². The van der Waals surface area contributed by atoms with Crippen LogP contribution in [0, 0.1) is 13.8 Å². The van der Waals surface area contributed by atoms with Gasteiger partial charge in [0.15, 0.2) is 0 Å². The van der Waals surface area contributed by atoms with Crippen LogP contribution in [0.2, 0.25) is 0 Å². The number of carbonyl (C=O) groups excluding carboxylic acids is 2. The number of anilines is 1. The van der Waals surface area contributed by atoms with Crippen LogP contribution in [0.15, 0.2) is 77.3 Å². The van der Waals surface area contributed by atoms with E-state index in [0.717, 1.165) is 37.3 Å². The van der Waals surface area contributed by atoms with E-state index < -0.39 is 28.5 Å². The molecule has 7 nitrogen and oxygen atoms in total. The lowest BCUT2D eigenvalue weighted by atomic mass is 10.0. The Morgan fingerprint density at radius 2 is 1.59 bits per heavy atom. The van der Waals surface area contributed by atoms with Gasteiger partial charge >= 0.3 is 0 Å². The van der Waals surface area contributed by atoms with Crippen molar-refractivity contribution in [2.75, 3.05) is 24.2 Å². The number of sulfonamides is 1. The lowest BCUT2D eigenvalue weighted by Gasteiger charge is -2.33. The molecular formula is C28H32BrN3O4S. The van der Waals surface area contributed by atoms with Crippen LogP contribution < -0.4 is 9.62 Å². The fraction of sp³-hybridized carbons (Fsp3) is 0.286. The number of benzene rings is 3. The molecule has 0 saturated heterocycles. The minimum atomic E-state index is -3.80. The molecule has 196 valence electrons. The summed E-state index contributed by atoms with van der Waals surface area (Å²) in [6.45, 7) is 3.54. The number of carbonyl (C=O) groups is 2. The van der Waals surface area contributed by atoms with Crippen LogP contribution in [-0.4, -0.2) is 51.0 Å². The van der Waals surface area contributed by atoms with E-state index in [4.69, 9.17) is 0 Å². The number of aryl methyl sites for hydroxylation is 2. The number of halogens is 1. The molecule has 1 atom stereocenters. The third kappa shape index (κ3) is 7.66. The van der Waals surface area contributed by atoms with Gasteiger partial charge < -0.3 is 10.2 Å². The van der Waals surface area contributed by atoms with Gasteiger partial charge in [0, 0.05) is 24.5 Å². The number of hydrogen-bond acceptors (Lipinski definition) is 4. The lowest BCUT2D eigenvalue weighted by Crippen LogP contribution is -2.52. The summed E-state index contributed by atoms with van der Waals surface area (Å²) in [5.74, 6) is -0.800. The fourth-order valence-electron chi connectivity index (χ4n) is 4.01. The summed E-state index contributed by atoms with van der Waals surface area (Å²) >= 11 is 3.43. The van der Waals surface area contributed by atoms with Gasteiger partial charge in [0.05, 0.1) is 11.9 Å². The summed E-state index contributed by atoms with van der Waals surface area (Å²) in [5.41, 5.74) is 4.02. The Morgan fingerprint density at radius 1 is 0.946 bits per heavy atom. The molecule has 0 fully saturated rings. The van der Waals surface area contributed by atoms with E-state index in [1.54, 1.807) is 18.2 Å². The van der Waals surface area contributed by atoms with Crippen molar-refractivity contribution in [3.05, 3.63) is 99.5 Å². The van der Waals surface area contributed by atoms with Crippen LogP contribution >= 0.6 is 15.9 Å². The highest BCUT2D eigenvalue weighted by atomic mass is 79.9. The van der Waals surface area contributed by atoms with Crippen LogP contribution in [-0.2, 0) is 32.6 Å². The monoisotopic (exact) mass is 585 g/mol. The zero-order valence-corrected chi connectivity index (χ0v) is 23.8. The first-order valence-corrected chi connectivity index (χ1v) is 14.5. The van der Waals surface area contributed by atoms with Crippen molar-refractivity contribution in [2.45, 2.75) is 32.9 Å². The Labute approximate surface area is 227 Å². The molecule has 3 aromatic rings. The van der Waals surface area contributed by atoms with Crippen LogP contribution in [0.3, 0.4) is 0 Å². The first-order chi connectivity index (χ1) is 17.5. The molecule has 0 spiro atoms. The Morgan fingerprint density at radius 3 is 2.16 bits per heavy atom. The highest BCUT2D eigenvalue weighted by Crippen LogP contribution is 2.25. The third-order valence-electron chi connectivity index (χ3n) is 6.10. The molecule has 0 aliphatic heterocycles. The van der Waals surface area contributed by atoms with Gasteiger partial charge in [-0.15, -0.1) is 0 Å². The standard InChI is InChI=1S/C28H32BrN3O4S/c1-20-10-12-23(13-11-20)18-31(26(28(34)30-3)17-22-8-6-5-7-9-22)27(33)19-32(37(4,35)36)24-14-15-25(29)21(2)16-24/h5-16,26H,17-19H2,1-4H3,(H,30,34)/t26-/m0/s1. The number of rotatable bonds is 10. The zero-order valence-electron chi connectivity index (χ0n) is 21.4. The van der Waals surface area contributed by atoms with Gasteiger partial charge in [-0.25, -0.2) is 8.42 Å². The predicted molar refractivity (Wildman–Crippen MR) is 151 cm³/mol. The van der Waals surface area contributed by atoms with E-state index in [1.165, 1.54) is 11.9 Å². The lowest BCUT2D eigenvalue weighted by molar-refractivity contribution is -0.139. The molecule has 0 bridgehead atoms. The van der Waals surface area contributed by atoms with E-state index in [-0.39, 0.29) is 18.9 Å². The zero-order chi connectivity index (χ0) is 27.2. The molecule has 0 aliphatic carbocycles. The van der Waals surface area contributed by atoms with E-state index in [9.17, 15) is 18.0 Å². The van der Waals surface area contributed by atoms with Crippen molar-refractivity contribution in [2.24, 2.45) is 0 Å². The maximum Gasteiger partial charge on any atom is 0.244 e. The van der Waals surface area contributed by atoms with Gasteiger partial charge in [-0.3, -0.25) is 13.9 Å². The van der Waals surface area contributed by atoms with Crippen LogP contribution in [0.1, 0.15) is 22.3 Å². The molecular weight excluding hydrogens is 554 g/mol. The maximum atomic E-state index is 13.9. The van der Waals surface area contributed by atoms with Gasteiger partial charge in [-0.1, -0.05) is 76.1 Å². The summed E-state index contributed by atoms with van der Waals surface area (Å²) in [4.78, 5) is 28.5. The number of likely N-dealkylation sites (N-methyl/N-ethyl adjacent to an activating group) is 1. The first kappa shape index (κ1) is 28.4. The molecule has 1 N–H and O–H groups in total. The molecule has 0 heterocycles. The fourth-order valence-corrected chi connectivity index (χ4v) is 5.10. The molecule has 0 aliphatic rings. The van der Waals surface area contributed by atoms with Crippen LogP contribution in [0.5, 0.6) is 0 Å². The van der Waals surface area contributed by atoms with Crippen molar-refractivity contribution < 1.29 is 18.0 Å². The third-order valence-corrected chi connectivity index (χ3v) is 8.13. The number of nitrogens with one attached hydrogen (secondary N) is 1. The van der Waals surface area contributed by atoms with Gasteiger partial charge in [0.25, 0.3) is 0 Å². The van der Waals surface area contributed by atoms with Gasteiger partial charge in [-0.05, 0) is 48.7 Å². The van der Waals surface area contributed by atoms with E-state index in [2.05, 4.69) is 21.2 Å². The molecule has 3 aromatic carbocycles. The van der Waals surface area contributed by atoms with Crippen molar-refractivity contribution in [1.82, 2.24) is 10.2 Å². The van der Waals surface area contributed by atoms with Crippen LogP contribution in [0.4, 0.5) is 5.69 Å². The average molecular weight is 587 g/mol. The molecule has 0 unspecified atom stereocenters. The second-order valence-corrected chi connectivity index (χ2v) is 11.8. The second kappa shape index (κ2) is 12.4. The number of nitrogens with zero attached hydrogens (tertiary/aromatic N) is 2. The minimum Gasteiger partial charge on any atom is -0.357 e. The second-order valence-electron chi connectivity index (χ2n) is 9.03. The molecule has 0 aromatic heterocycles. The summed E-state index contributed by atoms with van der Waals surface area (Å²) in [6, 6.07) is 21.4. The average Bonchev–Trinajstić information content (AvgIpc) is 2.87. The molecule has 2 amide bonds. The minimum absolute atomic E-state index is 0.154. The smallest absolute Gasteiger partial charge is 0.244 e. The number of hydrogen-bond donors (Lipinski definition) is 1. The molecule has 0 saturated carbocycles. The van der Waals surface area contributed by atoms with E-state index >= 15 is 0 Å². The van der Waals surface area contributed by atoms with Crippen molar-refractivity contribution >= 4 is 43.5 Å². The number of amides is 2.